The lowest BCUT2D eigenvalue weighted by atomic mass is 9.83. The summed E-state index contributed by atoms with van der Waals surface area (Å²) in [6.07, 6.45) is 6.90. The van der Waals surface area contributed by atoms with E-state index in [2.05, 4.69) is 10.6 Å². The maximum atomic E-state index is 14.1. The molecule has 5 rings (SSSR count). The van der Waals surface area contributed by atoms with E-state index in [1.54, 1.807) is 39.1 Å². The van der Waals surface area contributed by atoms with Gasteiger partial charge in [-0.25, -0.2) is 19.2 Å². The molecule has 1 aromatic rings. The van der Waals surface area contributed by atoms with Gasteiger partial charge in [-0.3, -0.25) is 19.7 Å². The number of nitrogens with zero attached hydrogens (tertiary/aromatic N) is 3. The maximum absolute atomic E-state index is 14.1. The van der Waals surface area contributed by atoms with Gasteiger partial charge in [-0.1, -0.05) is 54.5 Å². The van der Waals surface area contributed by atoms with E-state index in [4.69, 9.17) is 49.5 Å². The van der Waals surface area contributed by atoms with Gasteiger partial charge in [-0.15, -0.1) is 0 Å². The van der Waals surface area contributed by atoms with Crippen molar-refractivity contribution < 1.29 is 76.6 Å². The predicted molar refractivity (Wildman–Crippen MR) is 286 cm³/mol. The smallest absolute Gasteiger partial charge is 0.410 e. The maximum Gasteiger partial charge on any atom is 0.410 e. The summed E-state index contributed by atoms with van der Waals surface area (Å²) in [5, 5.41) is 17.4. The summed E-state index contributed by atoms with van der Waals surface area (Å²) in [6.45, 7) is 7.61. The van der Waals surface area contributed by atoms with Crippen LogP contribution in [0, 0.1) is 5.92 Å². The molecular weight excluding hydrogens is 1040 g/mol. The molecule has 2 fully saturated rings. The molecule has 2 aliphatic heterocycles. The standard InChI is InChI=1S/C54H78ClN5O16S/c1-33-14-11-19-43(70-9)54(68)31-42(74-50(65)57-54)34(2)48-53(4,76-48)44(30-38(61)29-37-27-36(26-33)28-41(69-8)47(37)55)75-49(64)35(3)60(7)46(63)20-24-72-51(66)58(5)22-23-59(6)52(67)73-40-17-12-15-39(16-13-18-40)71-25-21-56-45(62)32-77-10/h11-12,14,17,19,27-28,34-35,39-40,42-44,48,68H,13,15-16,18,20-26,29-32H2,1-10H3,(H,56,62)(H,57,65)/b17-12+,19-11+,33-14+/t34-,35+,39?,40?,42+,43-,44+,48+,53+,54+/m1/s1. The average molecular weight is 1120 g/mol. The summed E-state index contributed by atoms with van der Waals surface area (Å²) in [5.41, 5.74) is -0.943. The summed E-state index contributed by atoms with van der Waals surface area (Å²) >= 11 is 8.22. The van der Waals surface area contributed by atoms with Gasteiger partial charge in [0.2, 0.25) is 11.8 Å². The molecule has 4 bridgehead atoms. The summed E-state index contributed by atoms with van der Waals surface area (Å²) < 4.78 is 46.3. The number of amides is 5. The van der Waals surface area contributed by atoms with E-state index >= 15 is 0 Å². The first-order valence-electron chi connectivity index (χ1n) is 25.9. The third-order valence-electron chi connectivity index (χ3n) is 14.3. The number of esters is 1. The Morgan fingerprint density at radius 2 is 1.74 bits per heavy atom. The van der Waals surface area contributed by atoms with Crippen molar-refractivity contribution in [3.8, 4) is 5.75 Å². The number of aliphatic hydroxyl groups is 1. The highest BCUT2D eigenvalue weighted by atomic mass is 35.5. The van der Waals surface area contributed by atoms with Crippen LogP contribution in [-0.2, 0) is 65.2 Å². The number of nitrogens with one attached hydrogen (secondary N) is 2. The quantitative estimate of drug-likeness (QED) is 0.0536. The van der Waals surface area contributed by atoms with Gasteiger partial charge < -0.3 is 63.0 Å². The number of Topliss-reactive ketones (excluding diaryl/α,β-unsaturated/α-hetero) is 1. The fourth-order valence-electron chi connectivity index (χ4n) is 9.45. The fraction of sp³-hybridized carbons (Fsp3) is 0.648. The summed E-state index contributed by atoms with van der Waals surface area (Å²) in [5.74, 6) is -1.55. The number of allylic oxidation sites excluding steroid dienone is 3. The van der Waals surface area contributed by atoms with Gasteiger partial charge in [0, 0.05) is 73.1 Å². The molecule has 77 heavy (non-hydrogen) atoms. The van der Waals surface area contributed by atoms with Crippen molar-refractivity contribution in [2.75, 3.05) is 80.2 Å². The number of thioether (sulfide) groups is 1. The van der Waals surface area contributed by atoms with Crippen LogP contribution >= 0.6 is 23.4 Å². The Morgan fingerprint density at radius 3 is 2.44 bits per heavy atom. The lowest BCUT2D eigenvalue weighted by molar-refractivity contribution is -0.162. The SMILES string of the molecule is COc1cc2cc(c1Cl)CC(=O)C[C@H](OC(=O)[C@H](C)N(C)C(=O)CCOC(=O)N(C)CCN(C)C(=O)OC1/C=C/CC(OCCNC(=O)CSC)CCC1)[C@]1(C)O[C@H]1[C@H](C)[C@@H]1C[C@@](O)(NC(=O)O1)[C@H](OC)/C=C/C=C(\C)C2. The molecule has 2 aliphatic carbocycles. The van der Waals surface area contributed by atoms with E-state index in [1.165, 1.54) is 56.8 Å². The highest BCUT2D eigenvalue weighted by molar-refractivity contribution is 7.99. The molecule has 0 spiro atoms. The van der Waals surface area contributed by atoms with Crippen LogP contribution < -0.4 is 15.4 Å². The number of epoxide rings is 1. The van der Waals surface area contributed by atoms with E-state index in [9.17, 15) is 38.7 Å². The average Bonchev–Trinajstić information content (AvgIpc) is 4.08. The first-order chi connectivity index (χ1) is 36.5. The Morgan fingerprint density at radius 1 is 1.01 bits per heavy atom. The molecular formula is C54H78ClN5O16S. The molecule has 2 unspecified atom stereocenters. The monoisotopic (exact) mass is 1120 g/mol. The lowest BCUT2D eigenvalue weighted by Crippen LogP contribution is -2.63. The molecule has 21 nitrogen and oxygen atoms in total. The number of benzene rings is 1. The van der Waals surface area contributed by atoms with Crippen molar-refractivity contribution in [2.45, 2.75) is 139 Å². The fourth-order valence-corrected chi connectivity index (χ4v) is 10.1. The zero-order chi connectivity index (χ0) is 56.6. The number of alkyl carbamates (subject to hydrolysis) is 1. The second-order valence-electron chi connectivity index (χ2n) is 20.3. The van der Waals surface area contributed by atoms with Crippen molar-refractivity contribution in [3.63, 3.8) is 0 Å². The molecule has 3 N–H and O–H groups in total. The molecule has 10 atom stereocenters. The molecule has 0 aromatic heterocycles. The van der Waals surface area contributed by atoms with Gasteiger partial charge in [-0.2, -0.15) is 11.8 Å². The zero-order valence-electron chi connectivity index (χ0n) is 46.0. The van der Waals surface area contributed by atoms with Gasteiger partial charge in [0.25, 0.3) is 0 Å². The molecule has 1 aromatic carbocycles. The molecule has 2 heterocycles. The Hall–Kier alpha value is -5.39. The number of hydrogen-bond acceptors (Lipinski definition) is 17. The van der Waals surface area contributed by atoms with Crippen LogP contribution in [0.4, 0.5) is 14.4 Å². The number of hydrogen-bond donors (Lipinski definition) is 3. The van der Waals surface area contributed by atoms with Crippen molar-refractivity contribution in [3.05, 3.63) is 64.2 Å². The predicted octanol–water partition coefficient (Wildman–Crippen LogP) is 5.55. The molecule has 4 aliphatic rings. The molecule has 0 saturated carbocycles. The molecule has 0 radical (unpaired) electrons. The summed E-state index contributed by atoms with van der Waals surface area (Å²) in [4.78, 5) is 95.8. The number of ether oxygens (including phenoxy) is 8. The van der Waals surface area contributed by atoms with Crippen LogP contribution in [0.5, 0.6) is 5.75 Å². The van der Waals surface area contributed by atoms with Gasteiger partial charge in [0.05, 0.1) is 43.1 Å². The van der Waals surface area contributed by atoms with E-state index in [1.807, 2.05) is 37.5 Å². The van der Waals surface area contributed by atoms with Crippen LogP contribution in [0.1, 0.15) is 83.8 Å². The van der Waals surface area contributed by atoms with Gasteiger partial charge in [0.1, 0.15) is 54.2 Å². The Kier molecular flexibility index (Phi) is 23.5. The van der Waals surface area contributed by atoms with Crippen LogP contribution in [0.3, 0.4) is 0 Å². The van der Waals surface area contributed by atoms with E-state index < -0.39 is 84.0 Å². The normalized spacial score (nSPS) is 28.4. The molecule has 5 amide bonds. The van der Waals surface area contributed by atoms with Gasteiger partial charge in [-0.05, 0) is 82.4 Å². The number of methoxy groups -OCH3 is 2. The van der Waals surface area contributed by atoms with Crippen molar-refractivity contribution in [1.82, 2.24) is 25.3 Å². The Labute approximate surface area is 460 Å². The van der Waals surface area contributed by atoms with E-state index in [0.29, 0.717) is 49.5 Å². The van der Waals surface area contributed by atoms with Crippen molar-refractivity contribution in [1.29, 1.82) is 0 Å². The van der Waals surface area contributed by atoms with Crippen molar-refractivity contribution in [2.24, 2.45) is 5.92 Å². The topological polar surface area (TPSA) is 251 Å². The van der Waals surface area contributed by atoms with Crippen LogP contribution in [0.2, 0.25) is 5.02 Å². The highest BCUT2D eigenvalue weighted by Crippen LogP contribution is 2.49. The van der Waals surface area contributed by atoms with E-state index in [-0.39, 0.29) is 68.2 Å². The first kappa shape index (κ1) is 62.5. The number of halogens is 1. The van der Waals surface area contributed by atoms with Crippen LogP contribution in [-0.4, -0.2) is 196 Å². The second kappa shape index (κ2) is 29.0. The summed E-state index contributed by atoms with van der Waals surface area (Å²) in [6, 6.07) is 2.43. The number of likely N-dealkylation sites (N-methyl/N-ethyl adjacent to an activating group) is 3. The minimum atomic E-state index is -1.88. The Balaban J connectivity index is 1.15. The highest BCUT2D eigenvalue weighted by Gasteiger charge is 2.64. The van der Waals surface area contributed by atoms with E-state index in [0.717, 1.165) is 28.9 Å². The summed E-state index contributed by atoms with van der Waals surface area (Å²) in [7, 11) is 7.35. The third kappa shape index (κ3) is 17.8. The minimum absolute atomic E-state index is 0.00388. The lowest BCUT2D eigenvalue weighted by Gasteiger charge is -2.42. The van der Waals surface area contributed by atoms with Crippen LogP contribution in [0.15, 0.2) is 48.1 Å². The van der Waals surface area contributed by atoms with Crippen LogP contribution in [0.25, 0.3) is 0 Å². The number of carbonyl (C=O) groups excluding carboxylic acids is 7. The number of fused-ring (bicyclic) bond motifs is 5. The second-order valence-corrected chi connectivity index (χ2v) is 21.6. The number of ketones is 1. The minimum Gasteiger partial charge on any atom is -0.495 e. The Bertz CT molecular complexity index is 2360. The van der Waals surface area contributed by atoms with Crippen molar-refractivity contribution >= 4 is 65.2 Å². The molecule has 2 saturated heterocycles. The van der Waals surface area contributed by atoms with Gasteiger partial charge >= 0.3 is 24.2 Å². The first-order valence-corrected chi connectivity index (χ1v) is 27.7. The van der Waals surface area contributed by atoms with Gasteiger partial charge in [0.15, 0.2) is 5.72 Å². The number of rotatable bonds is 18. The number of carbonyl (C=O) groups is 7. The zero-order valence-corrected chi connectivity index (χ0v) is 47.5. The molecule has 428 valence electrons. The largest absolute Gasteiger partial charge is 0.495 e. The molecule has 23 heteroatoms. The third-order valence-corrected chi connectivity index (χ3v) is 15.3.